The van der Waals surface area contributed by atoms with E-state index in [2.05, 4.69) is 10.5 Å². The summed E-state index contributed by atoms with van der Waals surface area (Å²) in [7, 11) is 0. The molecule has 1 N–H and O–H groups in total. The Hall–Kier alpha value is -3.55. The zero-order valence-corrected chi connectivity index (χ0v) is 15.0. The van der Waals surface area contributed by atoms with Crippen molar-refractivity contribution in [1.82, 2.24) is 0 Å². The second kappa shape index (κ2) is 8.70. The number of anilines is 1. The van der Waals surface area contributed by atoms with Crippen LogP contribution in [0.1, 0.15) is 19.4 Å². The molecule has 8 nitrogen and oxygen atoms in total. The summed E-state index contributed by atoms with van der Waals surface area (Å²) in [6.07, 6.45) is 6.29. The first kappa shape index (κ1) is 19.8. The van der Waals surface area contributed by atoms with Gasteiger partial charge in [0.05, 0.1) is 15.9 Å². The molecule has 0 saturated carbocycles. The molecule has 1 unspecified atom stereocenters. The number of hydrazone groups is 1. The molecule has 0 saturated heterocycles. The summed E-state index contributed by atoms with van der Waals surface area (Å²) < 4.78 is 0. The highest BCUT2D eigenvalue weighted by Gasteiger charge is 2.21. The maximum Gasteiger partial charge on any atom is 0.301 e. The lowest BCUT2D eigenvalue weighted by atomic mass is 9.84. The Balaban J connectivity index is 2.23. The molecule has 0 radical (unpaired) electrons. The van der Waals surface area contributed by atoms with Crippen LogP contribution in [0, 0.1) is 25.6 Å². The molecular formula is C19H20N4O4. The Labute approximate surface area is 156 Å². The van der Waals surface area contributed by atoms with Crippen molar-refractivity contribution < 1.29 is 9.85 Å². The van der Waals surface area contributed by atoms with Crippen molar-refractivity contribution in [3.05, 3.63) is 86.5 Å². The zero-order valence-electron chi connectivity index (χ0n) is 15.0. The first-order valence-electron chi connectivity index (χ1n) is 8.25. The second-order valence-corrected chi connectivity index (χ2v) is 6.25. The van der Waals surface area contributed by atoms with Crippen molar-refractivity contribution in [1.29, 1.82) is 0 Å². The van der Waals surface area contributed by atoms with E-state index in [1.165, 1.54) is 12.1 Å². The molecule has 27 heavy (non-hydrogen) atoms. The van der Waals surface area contributed by atoms with Crippen molar-refractivity contribution in [3.63, 3.8) is 0 Å². The quantitative estimate of drug-likeness (QED) is 0.313. The van der Waals surface area contributed by atoms with Crippen LogP contribution in [0.5, 0.6) is 0 Å². The maximum absolute atomic E-state index is 11.2. The molecule has 2 rings (SSSR count). The zero-order chi connectivity index (χ0) is 19.9. The van der Waals surface area contributed by atoms with Gasteiger partial charge in [-0.1, -0.05) is 49.4 Å². The molecular weight excluding hydrogens is 348 g/mol. The molecule has 0 bridgehead atoms. The van der Waals surface area contributed by atoms with Crippen molar-refractivity contribution in [2.75, 3.05) is 5.43 Å². The van der Waals surface area contributed by atoms with Gasteiger partial charge in [0.25, 0.3) is 5.69 Å². The Morgan fingerprint density at radius 1 is 1.11 bits per heavy atom. The Bertz CT molecular complexity index is 881. The molecule has 8 heteroatoms. The normalized spacial score (nSPS) is 13.6. The number of non-ortho nitro benzene ring substituents is 1. The number of hydrogen-bond acceptors (Lipinski definition) is 6. The Morgan fingerprint density at radius 3 is 2.41 bits per heavy atom. The third-order valence-corrected chi connectivity index (χ3v) is 3.91. The smallest absolute Gasteiger partial charge is 0.272 e. The van der Waals surface area contributed by atoms with Crippen LogP contribution in [-0.2, 0) is 6.42 Å². The van der Waals surface area contributed by atoms with E-state index in [-0.39, 0.29) is 11.4 Å². The van der Waals surface area contributed by atoms with E-state index in [0.717, 1.165) is 11.6 Å². The summed E-state index contributed by atoms with van der Waals surface area (Å²) in [5.74, 6) is 0. The fourth-order valence-electron chi connectivity index (χ4n) is 2.69. The van der Waals surface area contributed by atoms with Crippen LogP contribution in [0.4, 0.5) is 17.1 Å². The van der Waals surface area contributed by atoms with Gasteiger partial charge in [-0.2, -0.15) is 5.10 Å². The summed E-state index contributed by atoms with van der Waals surface area (Å²) >= 11 is 0. The van der Waals surface area contributed by atoms with E-state index >= 15 is 0 Å². The fourth-order valence-corrected chi connectivity index (χ4v) is 2.69. The van der Waals surface area contributed by atoms with Crippen LogP contribution in [0.25, 0.3) is 0 Å². The standard InChI is InChI=1S/C19H20N4O4/c1-3-11-19(2,13-15-7-5-4-6-8-15)14-20-21-17-10-9-16(22(24)25)12-18(17)23(26)27/h3-12,14,21H,13H2,1-2H3/b11-3+,20-14+. The molecule has 0 aliphatic rings. The van der Waals surface area contributed by atoms with Crippen molar-refractivity contribution >= 4 is 23.3 Å². The number of nitrogens with zero attached hydrogens (tertiary/aromatic N) is 3. The predicted molar refractivity (Wildman–Crippen MR) is 105 cm³/mol. The highest BCUT2D eigenvalue weighted by Crippen LogP contribution is 2.29. The summed E-state index contributed by atoms with van der Waals surface area (Å²) in [6.45, 7) is 3.90. The van der Waals surface area contributed by atoms with Crippen LogP contribution in [0.3, 0.4) is 0 Å². The molecule has 0 fully saturated rings. The summed E-state index contributed by atoms with van der Waals surface area (Å²) in [5.41, 5.74) is 2.69. The number of hydrogen-bond donors (Lipinski definition) is 1. The molecule has 0 amide bonds. The molecule has 0 heterocycles. The Morgan fingerprint density at radius 2 is 1.81 bits per heavy atom. The van der Waals surface area contributed by atoms with Gasteiger partial charge in [0.15, 0.2) is 0 Å². The number of nitrogens with one attached hydrogen (secondary N) is 1. The lowest BCUT2D eigenvalue weighted by Crippen LogP contribution is -2.19. The number of allylic oxidation sites excluding steroid dienone is 2. The highest BCUT2D eigenvalue weighted by atomic mass is 16.6. The average molecular weight is 368 g/mol. The molecule has 0 spiro atoms. The fraction of sp³-hybridized carbons (Fsp3) is 0.211. The van der Waals surface area contributed by atoms with Gasteiger partial charge in [0.1, 0.15) is 5.69 Å². The average Bonchev–Trinajstić information content (AvgIpc) is 2.62. The molecule has 0 aliphatic carbocycles. The molecule has 1 atom stereocenters. The maximum atomic E-state index is 11.2. The van der Waals surface area contributed by atoms with E-state index in [1.807, 2.05) is 56.3 Å². The SMILES string of the molecule is C/C=C/C(C)(/C=N/Nc1ccc([N+](=O)[O-])cc1[N+](=O)[O-])Cc1ccccc1. The lowest BCUT2D eigenvalue weighted by Gasteiger charge is -2.21. The second-order valence-electron chi connectivity index (χ2n) is 6.25. The number of rotatable bonds is 8. The van der Waals surface area contributed by atoms with Gasteiger partial charge in [-0.25, -0.2) is 0 Å². The number of benzene rings is 2. The van der Waals surface area contributed by atoms with Gasteiger partial charge < -0.3 is 0 Å². The van der Waals surface area contributed by atoms with E-state index in [0.29, 0.717) is 6.42 Å². The lowest BCUT2D eigenvalue weighted by molar-refractivity contribution is -0.393. The van der Waals surface area contributed by atoms with Gasteiger partial charge in [0.2, 0.25) is 0 Å². The molecule has 0 aliphatic heterocycles. The molecule has 140 valence electrons. The largest absolute Gasteiger partial charge is 0.301 e. The van der Waals surface area contributed by atoms with Crippen LogP contribution in [-0.4, -0.2) is 16.1 Å². The van der Waals surface area contributed by atoms with Crippen LogP contribution >= 0.6 is 0 Å². The van der Waals surface area contributed by atoms with E-state index in [1.54, 1.807) is 6.21 Å². The monoisotopic (exact) mass is 368 g/mol. The van der Waals surface area contributed by atoms with Gasteiger partial charge >= 0.3 is 5.69 Å². The Kier molecular flexibility index (Phi) is 6.37. The topological polar surface area (TPSA) is 111 Å². The van der Waals surface area contributed by atoms with Crippen LogP contribution < -0.4 is 5.43 Å². The van der Waals surface area contributed by atoms with E-state index in [4.69, 9.17) is 0 Å². The van der Waals surface area contributed by atoms with Crippen molar-refractivity contribution in [3.8, 4) is 0 Å². The first-order chi connectivity index (χ1) is 12.8. The third-order valence-electron chi connectivity index (χ3n) is 3.91. The summed E-state index contributed by atoms with van der Waals surface area (Å²) in [5, 5.41) is 26.1. The highest BCUT2D eigenvalue weighted by molar-refractivity contribution is 5.72. The summed E-state index contributed by atoms with van der Waals surface area (Å²) in [4.78, 5) is 20.6. The molecule has 0 aromatic heterocycles. The molecule has 2 aromatic carbocycles. The van der Waals surface area contributed by atoms with Gasteiger partial charge in [-0.05, 0) is 25.0 Å². The first-order valence-corrected chi connectivity index (χ1v) is 8.25. The van der Waals surface area contributed by atoms with E-state index in [9.17, 15) is 20.2 Å². The summed E-state index contributed by atoms with van der Waals surface area (Å²) in [6, 6.07) is 13.3. The predicted octanol–water partition coefficient (Wildman–Crippen LogP) is 4.73. The number of nitro benzene ring substituents is 2. The molecule has 2 aromatic rings. The van der Waals surface area contributed by atoms with Gasteiger partial charge in [-0.15, -0.1) is 0 Å². The minimum absolute atomic E-state index is 0.0874. The number of nitro groups is 2. The van der Waals surface area contributed by atoms with Crippen LogP contribution in [0.15, 0.2) is 65.8 Å². The van der Waals surface area contributed by atoms with Gasteiger partial charge in [-0.3, -0.25) is 25.7 Å². The minimum atomic E-state index is -0.681. The van der Waals surface area contributed by atoms with Gasteiger partial charge in [0, 0.05) is 17.7 Å². The van der Waals surface area contributed by atoms with Crippen LogP contribution in [0.2, 0.25) is 0 Å². The van der Waals surface area contributed by atoms with E-state index < -0.39 is 20.9 Å². The minimum Gasteiger partial charge on any atom is -0.272 e. The third kappa shape index (κ3) is 5.46. The van der Waals surface area contributed by atoms with Crippen molar-refractivity contribution in [2.24, 2.45) is 10.5 Å². The van der Waals surface area contributed by atoms with Crippen molar-refractivity contribution in [2.45, 2.75) is 20.3 Å².